The molecule has 7 nitrogen and oxygen atoms in total. The van der Waals surface area contributed by atoms with Crippen LogP contribution in [-0.2, 0) is 11.3 Å². The number of hydrogen-bond donors (Lipinski definition) is 2. The van der Waals surface area contributed by atoms with Gasteiger partial charge in [-0.2, -0.15) is 10.1 Å². The van der Waals surface area contributed by atoms with Crippen LogP contribution in [0.15, 0.2) is 4.52 Å². The van der Waals surface area contributed by atoms with Crippen LogP contribution in [0, 0.1) is 20.8 Å². The van der Waals surface area contributed by atoms with Gasteiger partial charge in [-0.25, -0.2) is 0 Å². The fraction of sp³-hybridized carbons (Fsp3) is 0.643. The minimum absolute atomic E-state index is 0.0598. The van der Waals surface area contributed by atoms with Gasteiger partial charge in [0.15, 0.2) is 5.82 Å². The van der Waals surface area contributed by atoms with E-state index in [-0.39, 0.29) is 12.2 Å². The summed E-state index contributed by atoms with van der Waals surface area (Å²) in [5.41, 5.74) is 3.40. The third kappa shape index (κ3) is 3.14. The second kappa shape index (κ2) is 5.95. The Hall–Kier alpha value is -1.73. The zero-order valence-electron chi connectivity index (χ0n) is 12.6. The minimum atomic E-state index is -0.0598. The van der Waals surface area contributed by atoms with Gasteiger partial charge in [0.2, 0.25) is 0 Å². The van der Waals surface area contributed by atoms with E-state index in [1.54, 1.807) is 0 Å². The number of aromatic nitrogens is 4. The molecule has 114 valence electrons. The summed E-state index contributed by atoms with van der Waals surface area (Å²) in [5.74, 6) is 1.25. The molecule has 0 spiro atoms. The van der Waals surface area contributed by atoms with Crippen molar-refractivity contribution < 1.29 is 9.26 Å². The number of H-pyrrole nitrogens is 1. The van der Waals surface area contributed by atoms with E-state index in [1.807, 2.05) is 20.8 Å². The molecule has 2 N–H and O–H groups in total. The highest BCUT2D eigenvalue weighted by Crippen LogP contribution is 2.31. The lowest BCUT2D eigenvalue weighted by molar-refractivity contribution is 0.0264. The largest absolute Gasteiger partial charge is 0.364 e. The van der Waals surface area contributed by atoms with Crippen LogP contribution >= 0.6 is 0 Å². The van der Waals surface area contributed by atoms with Crippen LogP contribution in [0.3, 0.4) is 0 Å². The summed E-state index contributed by atoms with van der Waals surface area (Å²) in [6.07, 6.45) is 2.06. The Kier molecular flexibility index (Phi) is 4.03. The van der Waals surface area contributed by atoms with E-state index in [1.165, 1.54) is 5.56 Å². The van der Waals surface area contributed by atoms with Crippen LogP contribution in [0.2, 0.25) is 0 Å². The van der Waals surface area contributed by atoms with Crippen LogP contribution in [-0.4, -0.2) is 33.0 Å². The first kappa shape index (κ1) is 14.2. The average Bonchev–Trinajstić information content (AvgIpc) is 3.15. The van der Waals surface area contributed by atoms with Crippen molar-refractivity contribution >= 4 is 0 Å². The quantitative estimate of drug-likeness (QED) is 0.872. The highest BCUT2D eigenvalue weighted by molar-refractivity contribution is 5.22. The lowest BCUT2D eigenvalue weighted by atomic mass is 10.1. The fourth-order valence-electron chi connectivity index (χ4n) is 2.67. The Morgan fingerprint density at radius 2 is 2.14 bits per heavy atom. The Bertz CT molecular complexity index is 587. The van der Waals surface area contributed by atoms with Gasteiger partial charge >= 0.3 is 0 Å². The standard InChI is InChI=1S/C14H21N5O2/c1-8-12(9(2)18-17-8)7-15-6-11-4-5-13(20-11)14-16-10(3)19-21-14/h11,13,15H,4-7H2,1-3H3,(H,17,18)/t11-,13+/m1/s1. The fourth-order valence-corrected chi connectivity index (χ4v) is 2.67. The number of aromatic amines is 1. The monoisotopic (exact) mass is 291 g/mol. The third-order valence-corrected chi connectivity index (χ3v) is 3.88. The van der Waals surface area contributed by atoms with Crippen LogP contribution in [0.5, 0.6) is 0 Å². The number of aryl methyl sites for hydroxylation is 3. The summed E-state index contributed by atoms with van der Waals surface area (Å²) in [6.45, 7) is 7.49. The number of nitrogens with one attached hydrogen (secondary N) is 2. The topological polar surface area (TPSA) is 88.9 Å². The molecule has 0 unspecified atom stereocenters. The highest BCUT2D eigenvalue weighted by atomic mass is 16.5. The van der Waals surface area contributed by atoms with Gasteiger partial charge in [0.05, 0.1) is 11.8 Å². The van der Waals surface area contributed by atoms with Gasteiger partial charge in [-0.15, -0.1) is 0 Å². The van der Waals surface area contributed by atoms with E-state index >= 15 is 0 Å². The molecule has 21 heavy (non-hydrogen) atoms. The normalized spacial score (nSPS) is 22.0. The molecule has 1 aliphatic heterocycles. The maximum atomic E-state index is 5.96. The molecule has 2 aromatic rings. The lowest BCUT2D eigenvalue weighted by Gasteiger charge is -2.12. The van der Waals surface area contributed by atoms with Gasteiger partial charge in [-0.1, -0.05) is 5.16 Å². The van der Waals surface area contributed by atoms with Gasteiger partial charge in [0, 0.05) is 24.3 Å². The summed E-state index contributed by atoms with van der Waals surface area (Å²) >= 11 is 0. The van der Waals surface area contributed by atoms with Gasteiger partial charge in [0.1, 0.15) is 6.10 Å². The average molecular weight is 291 g/mol. The molecule has 3 rings (SSSR count). The molecule has 0 aromatic carbocycles. The summed E-state index contributed by atoms with van der Waals surface area (Å²) in [4.78, 5) is 4.24. The number of hydrogen-bond acceptors (Lipinski definition) is 6. The first-order chi connectivity index (χ1) is 10.1. The molecule has 0 radical (unpaired) electrons. The molecule has 0 aliphatic carbocycles. The van der Waals surface area contributed by atoms with Crippen LogP contribution in [0.25, 0.3) is 0 Å². The van der Waals surface area contributed by atoms with E-state index in [0.717, 1.165) is 37.3 Å². The maximum absolute atomic E-state index is 5.96. The van der Waals surface area contributed by atoms with Crippen LogP contribution in [0.1, 0.15) is 47.6 Å². The Morgan fingerprint density at radius 1 is 1.29 bits per heavy atom. The summed E-state index contributed by atoms with van der Waals surface area (Å²) < 4.78 is 11.1. The lowest BCUT2D eigenvalue weighted by Crippen LogP contribution is -2.26. The summed E-state index contributed by atoms with van der Waals surface area (Å²) in [7, 11) is 0. The van der Waals surface area contributed by atoms with Crippen molar-refractivity contribution in [2.24, 2.45) is 0 Å². The van der Waals surface area contributed by atoms with E-state index in [4.69, 9.17) is 9.26 Å². The van der Waals surface area contributed by atoms with Crippen molar-refractivity contribution in [1.82, 2.24) is 25.7 Å². The van der Waals surface area contributed by atoms with Gasteiger partial charge in [-0.3, -0.25) is 5.10 Å². The molecule has 1 fully saturated rings. The number of nitrogens with zero attached hydrogens (tertiary/aromatic N) is 3. The predicted octanol–water partition coefficient (Wildman–Crippen LogP) is 1.73. The zero-order chi connectivity index (χ0) is 14.8. The van der Waals surface area contributed by atoms with E-state index in [0.29, 0.717) is 11.7 Å². The summed E-state index contributed by atoms with van der Waals surface area (Å²) in [5, 5.41) is 14.4. The molecular formula is C14H21N5O2. The Labute approximate surface area is 123 Å². The third-order valence-electron chi connectivity index (χ3n) is 3.88. The first-order valence-electron chi connectivity index (χ1n) is 7.30. The number of ether oxygens (including phenoxy) is 1. The van der Waals surface area contributed by atoms with Gasteiger partial charge in [0.25, 0.3) is 5.89 Å². The van der Waals surface area contributed by atoms with Gasteiger partial charge < -0.3 is 14.6 Å². The molecule has 3 heterocycles. The second-order valence-corrected chi connectivity index (χ2v) is 5.55. The predicted molar refractivity (Wildman–Crippen MR) is 75.7 cm³/mol. The SMILES string of the molecule is Cc1noc([C@@H]2CC[C@H](CNCc3c(C)n[nH]c3C)O2)n1. The molecule has 7 heteroatoms. The summed E-state index contributed by atoms with van der Waals surface area (Å²) in [6, 6.07) is 0. The Balaban J connectivity index is 1.47. The number of rotatable bonds is 5. The van der Waals surface area contributed by atoms with E-state index in [9.17, 15) is 0 Å². The van der Waals surface area contributed by atoms with E-state index < -0.39 is 0 Å². The molecule has 2 aromatic heterocycles. The molecule has 0 bridgehead atoms. The van der Waals surface area contributed by atoms with Crippen molar-refractivity contribution in [3.63, 3.8) is 0 Å². The minimum Gasteiger partial charge on any atom is -0.364 e. The maximum Gasteiger partial charge on any atom is 0.255 e. The highest BCUT2D eigenvalue weighted by Gasteiger charge is 2.30. The van der Waals surface area contributed by atoms with E-state index in [2.05, 4.69) is 25.7 Å². The van der Waals surface area contributed by atoms with Crippen LogP contribution < -0.4 is 5.32 Å². The van der Waals surface area contributed by atoms with Crippen molar-refractivity contribution in [3.8, 4) is 0 Å². The second-order valence-electron chi connectivity index (χ2n) is 5.55. The van der Waals surface area contributed by atoms with Crippen molar-refractivity contribution in [2.75, 3.05) is 6.54 Å². The Morgan fingerprint density at radius 3 is 2.81 bits per heavy atom. The smallest absolute Gasteiger partial charge is 0.255 e. The molecule has 0 amide bonds. The van der Waals surface area contributed by atoms with Gasteiger partial charge in [-0.05, 0) is 33.6 Å². The zero-order valence-corrected chi connectivity index (χ0v) is 12.6. The molecule has 1 aliphatic rings. The molecule has 2 atom stereocenters. The van der Waals surface area contributed by atoms with Crippen LogP contribution in [0.4, 0.5) is 0 Å². The molecular weight excluding hydrogens is 270 g/mol. The molecule has 1 saturated heterocycles. The first-order valence-corrected chi connectivity index (χ1v) is 7.30. The van der Waals surface area contributed by atoms with Crippen molar-refractivity contribution in [1.29, 1.82) is 0 Å². The van der Waals surface area contributed by atoms with Crippen molar-refractivity contribution in [2.45, 2.75) is 52.4 Å². The molecule has 0 saturated carbocycles. The van der Waals surface area contributed by atoms with Crippen molar-refractivity contribution in [3.05, 3.63) is 28.7 Å².